The van der Waals surface area contributed by atoms with Gasteiger partial charge >= 0.3 is 0 Å². The molecule has 7 nitrogen and oxygen atoms in total. The summed E-state index contributed by atoms with van der Waals surface area (Å²) in [6.07, 6.45) is 20.9. The maximum absolute atomic E-state index is 12.8. The van der Waals surface area contributed by atoms with E-state index in [0.29, 0.717) is 25.8 Å². The summed E-state index contributed by atoms with van der Waals surface area (Å²) < 4.78 is 0. The quantitative estimate of drug-likeness (QED) is 0.188. The number of nitrogens with zero attached hydrogens (tertiary/aromatic N) is 1. The fourth-order valence-electron chi connectivity index (χ4n) is 4.98. The van der Waals surface area contributed by atoms with Crippen LogP contribution in [0.1, 0.15) is 129 Å². The van der Waals surface area contributed by atoms with Gasteiger partial charge < -0.3 is 21.3 Å². The lowest BCUT2D eigenvalue weighted by Crippen LogP contribution is -2.52. The van der Waals surface area contributed by atoms with Crippen LogP contribution in [0.5, 0.6) is 0 Å². The van der Waals surface area contributed by atoms with E-state index < -0.39 is 18.0 Å². The molecule has 2 atom stereocenters. The first-order valence-corrected chi connectivity index (χ1v) is 14.5. The molecule has 1 rings (SSSR count). The number of amides is 3. The Morgan fingerprint density at radius 2 is 1.43 bits per heavy atom. The standard InChI is InChI=1S/C28H54N4O3/c1-3-4-5-6-7-8-9-10-11-12-13-14-15-21-26(33)32-23-18-20-25(32)28(35)31-24(27(29)34)19-16-17-22-30-2/h24-25,30H,3-23H2,1-2H3,(H2,29,34)(H,31,35). The van der Waals surface area contributed by atoms with Gasteiger partial charge in [0.2, 0.25) is 17.7 Å². The zero-order valence-electron chi connectivity index (χ0n) is 22.8. The summed E-state index contributed by atoms with van der Waals surface area (Å²) in [4.78, 5) is 39.1. The smallest absolute Gasteiger partial charge is 0.243 e. The Morgan fingerprint density at radius 3 is 1.97 bits per heavy atom. The Labute approximate surface area is 214 Å². The summed E-state index contributed by atoms with van der Waals surface area (Å²) in [5.74, 6) is -0.681. The van der Waals surface area contributed by atoms with Gasteiger partial charge in [-0.05, 0) is 52.1 Å². The van der Waals surface area contributed by atoms with Gasteiger partial charge in [-0.3, -0.25) is 14.4 Å². The molecule has 204 valence electrons. The van der Waals surface area contributed by atoms with Crippen molar-refractivity contribution in [3.63, 3.8) is 0 Å². The molecule has 7 heteroatoms. The Bertz CT molecular complexity index is 585. The van der Waals surface area contributed by atoms with Crippen LogP contribution in [0.4, 0.5) is 0 Å². The second kappa shape index (κ2) is 20.6. The Hall–Kier alpha value is -1.63. The average molecular weight is 495 g/mol. The molecule has 0 bridgehead atoms. The van der Waals surface area contributed by atoms with Gasteiger partial charge in [0.25, 0.3) is 0 Å². The van der Waals surface area contributed by atoms with E-state index in [9.17, 15) is 14.4 Å². The third kappa shape index (κ3) is 14.5. The molecule has 1 fully saturated rings. The van der Waals surface area contributed by atoms with Gasteiger partial charge in [-0.1, -0.05) is 84.0 Å². The second-order valence-electron chi connectivity index (χ2n) is 10.3. The highest BCUT2D eigenvalue weighted by molar-refractivity contribution is 5.91. The van der Waals surface area contributed by atoms with Crippen molar-refractivity contribution in [2.75, 3.05) is 20.1 Å². The number of nitrogens with two attached hydrogens (primary N) is 1. The number of hydrogen-bond donors (Lipinski definition) is 3. The Morgan fingerprint density at radius 1 is 0.857 bits per heavy atom. The zero-order chi connectivity index (χ0) is 25.7. The van der Waals surface area contributed by atoms with Gasteiger partial charge in [0.15, 0.2) is 0 Å². The van der Waals surface area contributed by atoms with Crippen molar-refractivity contribution >= 4 is 17.7 Å². The molecule has 3 amide bonds. The van der Waals surface area contributed by atoms with Crippen LogP contribution in [0.3, 0.4) is 0 Å². The molecule has 0 aromatic carbocycles. The fraction of sp³-hybridized carbons (Fsp3) is 0.893. The van der Waals surface area contributed by atoms with Crippen LogP contribution in [0.2, 0.25) is 0 Å². The zero-order valence-corrected chi connectivity index (χ0v) is 22.8. The van der Waals surface area contributed by atoms with Crippen LogP contribution in [-0.4, -0.2) is 54.8 Å². The molecule has 0 radical (unpaired) electrons. The van der Waals surface area contributed by atoms with E-state index in [1.807, 2.05) is 7.05 Å². The largest absolute Gasteiger partial charge is 0.368 e. The number of likely N-dealkylation sites (tertiary alicyclic amines) is 1. The molecule has 0 aromatic rings. The summed E-state index contributed by atoms with van der Waals surface area (Å²) in [5.41, 5.74) is 5.50. The first-order valence-electron chi connectivity index (χ1n) is 14.5. The summed E-state index contributed by atoms with van der Waals surface area (Å²) >= 11 is 0. The van der Waals surface area contributed by atoms with Gasteiger partial charge in [0.1, 0.15) is 12.1 Å². The number of nitrogens with one attached hydrogen (secondary N) is 2. The van der Waals surface area contributed by atoms with Crippen LogP contribution >= 0.6 is 0 Å². The van der Waals surface area contributed by atoms with Crippen molar-refractivity contribution in [3.8, 4) is 0 Å². The number of carbonyl (C=O) groups excluding carboxylic acids is 3. The van der Waals surface area contributed by atoms with E-state index in [1.54, 1.807) is 4.90 Å². The molecule has 35 heavy (non-hydrogen) atoms. The average Bonchev–Trinajstić information content (AvgIpc) is 3.34. The molecular formula is C28H54N4O3. The minimum Gasteiger partial charge on any atom is -0.368 e. The van der Waals surface area contributed by atoms with E-state index in [0.717, 1.165) is 38.6 Å². The highest BCUT2D eigenvalue weighted by Crippen LogP contribution is 2.20. The molecule has 2 unspecified atom stereocenters. The molecule has 0 aliphatic carbocycles. The van der Waals surface area contributed by atoms with Crippen molar-refractivity contribution in [3.05, 3.63) is 0 Å². The normalized spacial score (nSPS) is 16.4. The minimum atomic E-state index is -0.669. The topological polar surface area (TPSA) is 105 Å². The van der Waals surface area contributed by atoms with Crippen molar-refractivity contribution in [1.29, 1.82) is 0 Å². The highest BCUT2D eigenvalue weighted by Gasteiger charge is 2.35. The van der Waals surface area contributed by atoms with Crippen LogP contribution in [-0.2, 0) is 14.4 Å². The van der Waals surface area contributed by atoms with Crippen LogP contribution in [0, 0.1) is 0 Å². The van der Waals surface area contributed by atoms with Gasteiger partial charge in [-0.2, -0.15) is 0 Å². The molecule has 0 spiro atoms. The van der Waals surface area contributed by atoms with Crippen molar-refractivity contribution in [2.24, 2.45) is 5.73 Å². The van der Waals surface area contributed by atoms with Crippen molar-refractivity contribution in [2.45, 2.75) is 141 Å². The van der Waals surface area contributed by atoms with Crippen molar-refractivity contribution < 1.29 is 14.4 Å². The lowest BCUT2D eigenvalue weighted by Gasteiger charge is -2.26. The highest BCUT2D eigenvalue weighted by atomic mass is 16.2. The lowest BCUT2D eigenvalue weighted by atomic mass is 10.0. The molecule has 0 saturated carbocycles. The number of hydrogen-bond acceptors (Lipinski definition) is 4. The third-order valence-corrected chi connectivity index (χ3v) is 7.20. The first-order chi connectivity index (χ1) is 17.0. The molecule has 4 N–H and O–H groups in total. The molecule has 1 heterocycles. The molecule has 1 saturated heterocycles. The SMILES string of the molecule is CCCCCCCCCCCCCCCC(=O)N1CCCC1C(=O)NC(CCCCNC)C(N)=O. The lowest BCUT2D eigenvalue weighted by molar-refractivity contribution is -0.139. The maximum atomic E-state index is 12.8. The summed E-state index contributed by atoms with van der Waals surface area (Å²) in [6, 6.07) is -1.14. The molecule has 0 aromatic heterocycles. The fourth-order valence-corrected chi connectivity index (χ4v) is 4.98. The van der Waals surface area contributed by atoms with E-state index in [4.69, 9.17) is 5.73 Å². The predicted molar refractivity (Wildman–Crippen MR) is 144 cm³/mol. The summed E-state index contributed by atoms with van der Waals surface area (Å²) in [7, 11) is 1.89. The third-order valence-electron chi connectivity index (χ3n) is 7.20. The number of carbonyl (C=O) groups is 3. The minimum absolute atomic E-state index is 0.0652. The number of rotatable bonds is 22. The van der Waals surface area contributed by atoms with Gasteiger partial charge in [-0.15, -0.1) is 0 Å². The van der Waals surface area contributed by atoms with Crippen LogP contribution in [0.15, 0.2) is 0 Å². The van der Waals surface area contributed by atoms with E-state index >= 15 is 0 Å². The van der Waals surface area contributed by atoms with E-state index in [-0.39, 0.29) is 11.8 Å². The number of primary amides is 1. The Kier molecular flexibility index (Phi) is 18.4. The van der Waals surface area contributed by atoms with E-state index in [1.165, 1.54) is 70.6 Å². The van der Waals surface area contributed by atoms with Gasteiger partial charge in [0, 0.05) is 13.0 Å². The first kappa shape index (κ1) is 31.4. The summed E-state index contributed by atoms with van der Waals surface area (Å²) in [6.45, 7) is 3.75. The molecule has 1 aliphatic heterocycles. The van der Waals surface area contributed by atoms with Gasteiger partial charge in [-0.25, -0.2) is 0 Å². The molecule has 1 aliphatic rings. The second-order valence-corrected chi connectivity index (χ2v) is 10.3. The van der Waals surface area contributed by atoms with Crippen LogP contribution in [0.25, 0.3) is 0 Å². The van der Waals surface area contributed by atoms with E-state index in [2.05, 4.69) is 17.6 Å². The Balaban J connectivity index is 2.19. The van der Waals surface area contributed by atoms with Crippen LogP contribution < -0.4 is 16.4 Å². The number of unbranched alkanes of at least 4 members (excludes halogenated alkanes) is 13. The summed E-state index contributed by atoms with van der Waals surface area (Å²) in [5, 5.41) is 5.88. The maximum Gasteiger partial charge on any atom is 0.243 e. The predicted octanol–water partition coefficient (Wildman–Crippen LogP) is 4.82. The molecular weight excluding hydrogens is 440 g/mol. The van der Waals surface area contributed by atoms with Gasteiger partial charge in [0.05, 0.1) is 0 Å². The monoisotopic (exact) mass is 494 g/mol. The van der Waals surface area contributed by atoms with Crippen molar-refractivity contribution in [1.82, 2.24) is 15.5 Å².